The Balaban J connectivity index is 2.22. The maximum absolute atomic E-state index is 12.9. The van der Waals surface area contributed by atoms with Crippen LogP contribution in [-0.2, 0) is 4.79 Å². The van der Waals surface area contributed by atoms with E-state index >= 15 is 0 Å². The number of hydrogen-bond donors (Lipinski definition) is 0. The highest BCUT2D eigenvalue weighted by atomic mass is 19.1. The second kappa shape index (κ2) is 5.65. The van der Waals surface area contributed by atoms with Gasteiger partial charge in [-0.2, -0.15) is 5.10 Å². The molecule has 0 bridgehead atoms. The molecule has 0 spiro atoms. The SMILES string of the molecule is CCN(C(=O)C(C)n1cccn1)c1ccc(F)cc1. The Kier molecular flexibility index (Phi) is 3.94. The fraction of sp³-hybridized carbons (Fsp3) is 0.286. The van der Waals surface area contributed by atoms with Gasteiger partial charge in [-0.1, -0.05) is 0 Å². The van der Waals surface area contributed by atoms with Crippen molar-refractivity contribution in [3.05, 3.63) is 48.5 Å². The van der Waals surface area contributed by atoms with E-state index in [2.05, 4.69) is 5.10 Å². The van der Waals surface area contributed by atoms with E-state index in [4.69, 9.17) is 0 Å². The molecule has 19 heavy (non-hydrogen) atoms. The quantitative estimate of drug-likeness (QED) is 0.848. The van der Waals surface area contributed by atoms with Crippen LogP contribution in [0.3, 0.4) is 0 Å². The zero-order chi connectivity index (χ0) is 13.8. The molecule has 0 fully saturated rings. The van der Waals surface area contributed by atoms with Crippen molar-refractivity contribution in [2.75, 3.05) is 11.4 Å². The summed E-state index contributed by atoms with van der Waals surface area (Å²) in [6, 6.07) is 7.30. The molecule has 1 heterocycles. The van der Waals surface area contributed by atoms with Gasteiger partial charge in [-0.15, -0.1) is 0 Å². The summed E-state index contributed by atoms with van der Waals surface area (Å²) < 4.78 is 14.5. The number of nitrogens with zero attached hydrogens (tertiary/aromatic N) is 3. The summed E-state index contributed by atoms with van der Waals surface area (Å²) >= 11 is 0. The fourth-order valence-corrected chi connectivity index (χ4v) is 1.94. The van der Waals surface area contributed by atoms with Crippen LogP contribution in [0.15, 0.2) is 42.7 Å². The minimum Gasteiger partial charge on any atom is -0.311 e. The third kappa shape index (κ3) is 2.81. The summed E-state index contributed by atoms with van der Waals surface area (Å²) in [6.07, 6.45) is 3.39. The van der Waals surface area contributed by atoms with Crippen molar-refractivity contribution >= 4 is 11.6 Å². The predicted octanol–water partition coefficient (Wildman–Crippen LogP) is 2.64. The zero-order valence-corrected chi connectivity index (χ0v) is 11.0. The standard InChI is InChI=1S/C14H16FN3O/c1-3-17(13-7-5-12(15)6-8-13)14(19)11(2)18-10-4-9-16-18/h4-11H,3H2,1-2H3. The largest absolute Gasteiger partial charge is 0.311 e. The monoisotopic (exact) mass is 261 g/mol. The molecule has 0 saturated heterocycles. The number of aromatic nitrogens is 2. The number of carbonyl (C=O) groups is 1. The molecule has 4 nitrogen and oxygen atoms in total. The number of amides is 1. The molecule has 1 amide bonds. The highest BCUT2D eigenvalue weighted by molar-refractivity contribution is 5.95. The Hall–Kier alpha value is -2.17. The van der Waals surface area contributed by atoms with E-state index in [0.717, 1.165) is 0 Å². The van der Waals surface area contributed by atoms with E-state index in [9.17, 15) is 9.18 Å². The molecule has 0 N–H and O–H groups in total. The van der Waals surface area contributed by atoms with E-state index in [0.29, 0.717) is 12.2 Å². The van der Waals surface area contributed by atoms with Crippen LogP contribution in [-0.4, -0.2) is 22.2 Å². The van der Waals surface area contributed by atoms with Crippen LogP contribution in [0.5, 0.6) is 0 Å². The van der Waals surface area contributed by atoms with Gasteiger partial charge in [-0.25, -0.2) is 4.39 Å². The Morgan fingerprint density at radius 2 is 2.11 bits per heavy atom. The van der Waals surface area contributed by atoms with E-state index in [-0.39, 0.29) is 17.8 Å². The van der Waals surface area contributed by atoms with Crippen LogP contribution >= 0.6 is 0 Å². The highest BCUT2D eigenvalue weighted by Crippen LogP contribution is 2.18. The number of likely N-dealkylation sites (N-methyl/N-ethyl adjacent to an activating group) is 1. The van der Waals surface area contributed by atoms with Gasteiger partial charge in [-0.05, 0) is 44.2 Å². The second-order valence-corrected chi connectivity index (χ2v) is 4.22. The van der Waals surface area contributed by atoms with Gasteiger partial charge in [0.15, 0.2) is 0 Å². The molecular weight excluding hydrogens is 245 g/mol. The lowest BCUT2D eigenvalue weighted by atomic mass is 10.2. The summed E-state index contributed by atoms with van der Waals surface area (Å²) in [6.45, 7) is 4.20. The third-order valence-electron chi connectivity index (χ3n) is 3.00. The first-order valence-corrected chi connectivity index (χ1v) is 6.19. The van der Waals surface area contributed by atoms with Gasteiger partial charge in [0.05, 0.1) is 0 Å². The molecule has 2 aromatic rings. The summed E-state index contributed by atoms with van der Waals surface area (Å²) in [5.74, 6) is -0.384. The van der Waals surface area contributed by atoms with Crippen LogP contribution < -0.4 is 4.90 Å². The molecule has 1 aromatic carbocycles. The Labute approximate surface area is 111 Å². The van der Waals surface area contributed by atoms with E-state index < -0.39 is 0 Å². The summed E-state index contributed by atoms with van der Waals surface area (Å²) in [4.78, 5) is 14.0. The first-order chi connectivity index (χ1) is 9.13. The molecule has 1 aromatic heterocycles. The average molecular weight is 261 g/mol. The average Bonchev–Trinajstić information content (AvgIpc) is 2.94. The number of anilines is 1. The number of halogens is 1. The van der Waals surface area contributed by atoms with E-state index in [1.807, 2.05) is 6.92 Å². The number of carbonyl (C=O) groups excluding carboxylic acids is 1. The molecule has 0 aliphatic rings. The van der Waals surface area contributed by atoms with Crippen LogP contribution in [0.4, 0.5) is 10.1 Å². The Morgan fingerprint density at radius 3 is 2.63 bits per heavy atom. The number of hydrogen-bond acceptors (Lipinski definition) is 2. The molecule has 1 atom stereocenters. The van der Waals surface area contributed by atoms with Gasteiger partial charge < -0.3 is 4.90 Å². The number of rotatable bonds is 4. The Bertz CT molecular complexity index is 536. The first kappa shape index (κ1) is 13.3. The van der Waals surface area contributed by atoms with Crippen molar-refractivity contribution in [1.82, 2.24) is 9.78 Å². The normalized spacial score (nSPS) is 12.2. The third-order valence-corrected chi connectivity index (χ3v) is 3.00. The second-order valence-electron chi connectivity index (χ2n) is 4.22. The summed E-state index contributed by atoms with van der Waals surface area (Å²) in [5.41, 5.74) is 0.688. The van der Waals surface area contributed by atoms with Crippen molar-refractivity contribution in [3.63, 3.8) is 0 Å². The van der Waals surface area contributed by atoms with Crippen LogP contribution in [0.1, 0.15) is 19.9 Å². The lowest BCUT2D eigenvalue weighted by molar-refractivity contribution is -0.121. The summed E-state index contributed by atoms with van der Waals surface area (Å²) in [7, 11) is 0. The number of benzene rings is 1. The predicted molar refractivity (Wildman–Crippen MR) is 71.4 cm³/mol. The topological polar surface area (TPSA) is 38.1 Å². The minimum atomic E-state index is -0.389. The molecule has 0 aliphatic carbocycles. The van der Waals surface area contributed by atoms with Crippen LogP contribution in [0.25, 0.3) is 0 Å². The van der Waals surface area contributed by atoms with Crippen molar-refractivity contribution in [2.24, 2.45) is 0 Å². The molecular formula is C14H16FN3O. The van der Waals surface area contributed by atoms with Crippen molar-refractivity contribution in [1.29, 1.82) is 0 Å². The Morgan fingerprint density at radius 1 is 1.42 bits per heavy atom. The van der Waals surface area contributed by atoms with Gasteiger partial charge in [0.25, 0.3) is 5.91 Å². The van der Waals surface area contributed by atoms with Crippen LogP contribution in [0, 0.1) is 5.82 Å². The van der Waals surface area contributed by atoms with E-state index in [1.165, 1.54) is 12.1 Å². The smallest absolute Gasteiger partial charge is 0.251 e. The highest BCUT2D eigenvalue weighted by Gasteiger charge is 2.22. The fourth-order valence-electron chi connectivity index (χ4n) is 1.94. The molecule has 100 valence electrons. The maximum Gasteiger partial charge on any atom is 0.251 e. The molecule has 1 unspecified atom stereocenters. The zero-order valence-electron chi connectivity index (χ0n) is 11.0. The van der Waals surface area contributed by atoms with Gasteiger partial charge in [0, 0.05) is 24.6 Å². The van der Waals surface area contributed by atoms with Gasteiger partial charge >= 0.3 is 0 Å². The molecule has 0 radical (unpaired) electrons. The van der Waals surface area contributed by atoms with Gasteiger partial charge in [-0.3, -0.25) is 9.48 Å². The van der Waals surface area contributed by atoms with Crippen molar-refractivity contribution in [2.45, 2.75) is 19.9 Å². The van der Waals surface area contributed by atoms with Gasteiger partial charge in [0.2, 0.25) is 0 Å². The maximum atomic E-state index is 12.9. The molecule has 2 rings (SSSR count). The first-order valence-electron chi connectivity index (χ1n) is 6.19. The van der Waals surface area contributed by atoms with Crippen LogP contribution in [0.2, 0.25) is 0 Å². The minimum absolute atomic E-state index is 0.0715. The lowest BCUT2D eigenvalue weighted by Crippen LogP contribution is -2.36. The van der Waals surface area contributed by atoms with Crippen molar-refractivity contribution < 1.29 is 9.18 Å². The lowest BCUT2D eigenvalue weighted by Gasteiger charge is -2.24. The summed E-state index contributed by atoms with van der Waals surface area (Å²) in [5, 5.41) is 4.07. The van der Waals surface area contributed by atoms with E-state index in [1.54, 1.807) is 47.1 Å². The van der Waals surface area contributed by atoms with Gasteiger partial charge in [0.1, 0.15) is 11.9 Å². The molecule has 0 aliphatic heterocycles. The molecule has 5 heteroatoms. The molecule has 0 saturated carbocycles. The van der Waals surface area contributed by atoms with Crippen molar-refractivity contribution in [3.8, 4) is 0 Å².